The van der Waals surface area contributed by atoms with E-state index in [0.717, 1.165) is 42.9 Å². The second kappa shape index (κ2) is 5.86. The van der Waals surface area contributed by atoms with Crippen LogP contribution in [0, 0.1) is 0 Å². The summed E-state index contributed by atoms with van der Waals surface area (Å²) >= 11 is 1.62. The van der Waals surface area contributed by atoms with Crippen molar-refractivity contribution in [2.75, 3.05) is 36.8 Å². The van der Waals surface area contributed by atoms with Crippen molar-refractivity contribution >= 4 is 17.6 Å². The number of nitrogens with zero attached hydrogens (tertiary/aromatic N) is 3. The number of piperazine rings is 1. The Hall–Kier alpha value is -1.07. The third kappa shape index (κ3) is 2.96. The van der Waals surface area contributed by atoms with Crippen LogP contribution in [0.4, 0.5) is 5.82 Å². The average Bonchev–Trinajstić information content (AvgIpc) is 2.38. The predicted molar refractivity (Wildman–Crippen MR) is 68.0 cm³/mol. The number of thioether (sulfide) groups is 1. The van der Waals surface area contributed by atoms with E-state index < -0.39 is 0 Å². The van der Waals surface area contributed by atoms with E-state index in [0.29, 0.717) is 0 Å². The lowest BCUT2D eigenvalue weighted by Crippen LogP contribution is -2.43. The number of aromatic nitrogens is 2. The van der Waals surface area contributed by atoms with Crippen LogP contribution >= 0.6 is 11.8 Å². The van der Waals surface area contributed by atoms with Gasteiger partial charge in [0.25, 0.3) is 0 Å². The molecule has 1 saturated heterocycles. The number of rotatable bonds is 4. The van der Waals surface area contributed by atoms with Gasteiger partial charge in [-0.2, -0.15) is 0 Å². The monoisotopic (exact) mass is 236 g/mol. The first kappa shape index (κ1) is 11.4. The Bertz CT molecular complexity index is 350. The van der Waals surface area contributed by atoms with Crippen LogP contribution in [-0.4, -0.2) is 41.9 Å². The Morgan fingerprint density at radius 2 is 2.31 bits per heavy atom. The van der Waals surface area contributed by atoms with Gasteiger partial charge in [0.05, 0.1) is 0 Å². The maximum Gasteiger partial charge on any atom is 0.189 e. The van der Waals surface area contributed by atoms with Gasteiger partial charge in [0.1, 0.15) is 5.82 Å². The molecule has 4 nitrogen and oxygen atoms in total. The summed E-state index contributed by atoms with van der Waals surface area (Å²) in [5.74, 6) is 1.88. The zero-order valence-corrected chi connectivity index (χ0v) is 10.0. The normalized spacial score (nSPS) is 16.1. The van der Waals surface area contributed by atoms with E-state index in [4.69, 9.17) is 0 Å². The molecule has 5 heteroatoms. The molecular weight excluding hydrogens is 220 g/mol. The molecule has 86 valence electrons. The largest absolute Gasteiger partial charge is 0.354 e. The molecule has 0 saturated carbocycles. The van der Waals surface area contributed by atoms with E-state index in [1.54, 1.807) is 11.8 Å². The number of hydrogen-bond donors (Lipinski definition) is 1. The SMILES string of the molecule is C=CCSc1nccc(N2CCNCC2)n1. The van der Waals surface area contributed by atoms with Gasteiger partial charge < -0.3 is 10.2 Å². The fraction of sp³-hybridized carbons (Fsp3) is 0.455. The van der Waals surface area contributed by atoms with Crippen molar-refractivity contribution in [3.8, 4) is 0 Å². The van der Waals surface area contributed by atoms with E-state index in [9.17, 15) is 0 Å². The minimum absolute atomic E-state index is 0.830. The summed E-state index contributed by atoms with van der Waals surface area (Å²) < 4.78 is 0. The molecular formula is C11H16N4S. The molecule has 0 unspecified atom stereocenters. The van der Waals surface area contributed by atoms with Gasteiger partial charge in [-0.25, -0.2) is 9.97 Å². The molecule has 0 aromatic carbocycles. The van der Waals surface area contributed by atoms with Crippen molar-refractivity contribution in [1.29, 1.82) is 0 Å². The number of anilines is 1. The van der Waals surface area contributed by atoms with Gasteiger partial charge in [0.15, 0.2) is 5.16 Å². The van der Waals surface area contributed by atoms with Crippen LogP contribution in [0.1, 0.15) is 0 Å². The van der Waals surface area contributed by atoms with Crippen LogP contribution < -0.4 is 10.2 Å². The highest BCUT2D eigenvalue weighted by Gasteiger charge is 2.11. The molecule has 2 heterocycles. The van der Waals surface area contributed by atoms with Gasteiger partial charge in [-0.3, -0.25) is 0 Å². The summed E-state index contributed by atoms with van der Waals surface area (Å²) in [6.45, 7) is 7.78. The Morgan fingerprint density at radius 1 is 1.50 bits per heavy atom. The van der Waals surface area contributed by atoms with E-state index in [1.165, 1.54) is 0 Å². The van der Waals surface area contributed by atoms with Crippen molar-refractivity contribution in [3.05, 3.63) is 24.9 Å². The average molecular weight is 236 g/mol. The van der Waals surface area contributed by atoms with Crippen LogP contribution in [0.3, 0.4) is 0 Å². The molecule has 1 aliphatic heterocycles. The Kier molecular flexibility index (Phi) is 4.18. The van der Waals surface area contributed by atoms with Gasteiger partial charge in [-0.1, -0.05) is 17.8 Å². The van der Waals surface area contributed by atoms with E-state index in [-0.39, 0.29) is 0 Å². The zero-order chi connectivity index (χ0) is 11.2. The summed E-state index contributed by atoms with van der Waals surface area (Å²) in [4.78, 5) is 11.1. The van der Waals surface area contributed by atoms with E-state index >= 15 is 0 Å². The lowest BCUT2D eigenvalue weighted by atomic mass is 10.3. The van der Waals surface area contributed by atoms with Crippen molar-refractivity contribution in [1.82, 2.24) is 15.3 Å². The molecule has 16 heavy (non-hydrogen) atoms. The fourth-order valence-electron chi connectivity index (χ4n) is 1.60. The molecule has 0 amide bonds. The van der Waals surface area contributed by atoms with Crippen molar-refractivity contribution < 1.29 is 0 Å². The first-order valence-electron chi connectivity index (χ1n) is 5.42. The third-order valence-corrected chi connectivity index (χ3v) is 3.25. The maximum absolute atomic E-state index is 4.54. The van der Waals surface area contributed by atoms with E-state index in [1.807, 2.05) is 18.3 Å². The molecule has 0 aliphatic carbocycles. The molecule has 0 atom stereocenters. The highest BCUT2D eigenvalue weighted by atomic mass is 32.2. The van der Waals surface area contributed by atoms with Gasteiger partial charge in [-0.05, 0) is 6.07 Å². The Labute approximate surface area is 100 Å². The molecule has 1 aromatic heterocycles. The highest BCUT2D eigenvalue weighted by molar-refractivity contribution is 7.99. The second-order valence-electron chi connectivity index (χ2n) is 3.53. The van der Waals surface area contributed by atoms with Gasteiger partial charge in [0, 0.05) is 38.1 Å². The summed E-state index contributed by atoms with van der Waals surface area (Å²) in [5.41, 5.74) is 0. The quantitative estimate of drug-likeness (QED) is 0.483. The molecule has 0 radical (unpaired) electrons. The van der Waals surface area contributed by atoms with Crippen molar-refractivity contribution in [2.24, 2.45) is 0 Å². The minimum atomic E-state index is 0.830. The summed E-state index contributed by atoms with van der Waals surface area (Å²) in [5, 5.41) is 4.16. The number of hydrogen-bond acceptors (Lipinski definition) is 5. The van der Waals surface area contributed by atoms with Crippen LogP contribution in [0.5, 0.6) is 0 Å². The highest BCUT2D eigenvalue weighted by Crippen LogP contribution is 2.17. The van der Waals surface area contributed by atoms with Crippen LogP contribution in [-0.2, 0) is 0 Å². The Morgan fingerprint density at radius 3 is 3.06 bits per heavy atom. The van der Waals surface area contributed by atoms with E-state index in [2.05, 4.69) is 26.8 Å². The molecule has 1 aromatic rings. The minimum Gasteiger partial charge on any atom is -0.354 e. The Balaban J connectivity index is 2.05. The predicted octanol–water partition coefficient (Wildman–Crippen LogP) is 1.16. The zero-order valence-electron chi connectivity index (χ0n) is 9.22. The smallest absolute Gasteiger partial charge is 0.189 e. The van der Waals surface area contributed by atoms with Gasteiger partial charge in [0.2, 0.25) is 0 Å². The summed E-state index contributed by atoms with van der Waals surface area (Å²) in [6.07, 6.45) is 3.70. The maximum atomic E-state index is 4.54. The first-order valence-corrected chi connectivity index (χ1v) is 6.41. The molecule has 0 bridgehead atoms. The van der Waals surface area contributed by atoms with Gasteiger partial charge in [-0.15, -0.1) is 6.58 Å². The molecule has 1 N–H and O–H groups in total. The second-order valence-corrected chi connectivity index (χ2v) is 4.52. The van der Waals surface area contributed by atoms with Gasteiger partial charge >= 0.3 is 0 Å². The molecule has 0 spiro atoms. The number of nitrogens with one attached hydrogen (secondary N) is 1. The summed E-state index contributed by atoms with van der Waals surface area (Å²) in [6, 6.07) is 1.98. The van der Waals surface area contributed by atoms with Crippen molar-refractivity contribution in [2.45, 2.75) is 5.16 Å². The lowest BCUT2D eigenvalue weighted by molar-refractivity contribution is 0.582. The van der Waals surface area contributed by atoms with Crippen LogP contribution in [0.15, 0.2) is 30.1 Å². The topological polar surface area (TPSA) is 41.1 Å². The standard InChI is InChI=1S/C11H16N4S/c1-2-9-16-11-13-4-3-10(14-11)15-7-5-12-6-8-15/h2-4,12H,1,5-9H2. The molecule has 1 fully saturated rings. The fourth-order valence-corrected chi connectivity index (χ4v) is 2.17. The van der Waals surface area contributed by atoms with Crippen molar-refractivity contribution in [3.63, 3.8) is 0 Å². The lowest BCUT2D eigenvalue weighted by Gasteiger charge is -2.28. The van der Waals surface area contributed by atoms with Crippen LogP contribution in [0.25, 0.3) is 0 Å². The first-order chi connectivity index (χ1) is 7.90. The third-order valence-electron chi connectivity index (χ3n) is 2.39. The summed E-state index contributed by atoms with van der Waals surface area (Å²) in [7, 11) is 0. The molecule has 2 rings (SSSR count). The van der Waals surface area contributed by atoms with Crippen LogP contribution in [0.2, 0.25) is 0 Å². The molecule has 1 aliphatic rings.